The van der Waals surface area contributed by atoms with Gasteiger partial charge in [0.25, 0.3) is 0 Å². The molecule has 0 unspecified atom stereocenters. The van der Waals surface area contributed by atoms with E-state index >= 15 is 0 Å². The van der Waals surface area contributed by atoms with Gasteiger partial charge in [0.15, 0.2) is 0 Å². The first-order chi connectivity index (χ1) is 13.3. The Labute approximate surface area is 157 Å². The van der Waals surface area contributed by atoms with Crippen LogP contribution in [0.5, 0.6) is 11.5 Å². The topological polar surface area (TPSA) is 49.9 Å². The molecule has 4 nitrogen and oxygen atoms in total. The lowest BCUT2D eigenvalue weighted by Gasteiger charge is -2.08. The van der Waals surface area contributed by atoms with E-state index in [1.807, 2.05) is 42.6 Å². The maximum absolute atomic E-state index is 13.7. The van der Waals surface area contributed by atoms with Crippen molar-refractivity contribution in [1.82, 2.24) is 15.3 Å². The molecule has 136 valence electrons. The summed E-state index contributed by atoms with van der Waals surface area (Å²) in [7, 11) is 0. The van der Waals surface area contributed by atoms with Crippen molar-refractivity contribution in [3.8, 4) is 11.5 Å². The van der Waals surface area contributed by atoms with E-state index < -0.39 is 0 Å². The Morgan fingerprint density at radius 1 is 1.04 bits per heavy atom. The average Bonchev–Trinajstić information content (AvgIpc) is 3.11. The highest BCUT2D eigenvalue weighted by molar-refractivity contribution is 5.83. The van der Waals surface area contributed by atoms with Crippen LogP contribution in [0.3, 0.4) is 0 Å². The van der Waals surface area contributed by atoms with Crippen LogP contribution in [0.15, 0.2) is 73.2 Å². The van der Waals surface area contributed by atoms with Crippen LogP contribution in [0.1, 0.15) is 11.1 Å². The molecule has 2 N–H and O–H groups in total. The number of benzene rings is 2. The van der Waals surface area contributed by atoms with Gasteiger partial charge in [-0.15, -0.1) is 0 Å². The van der Waals surface area contributed by atoms with E-state index in [0.29, 0.717) is 11.3 Å². The van der Waals surface area contributed by atoms with Gasteiger partial charge < -0.3 is 15.0 Å². The Kier molecular flexibility index (Phi) is 5.12. The second kappa shape index (κ2) is 8.01. The maximum atomic E-state index is 13.7. The van der Waals surface area contributed by atoms with Crippen LogP contribution in [0.4, 0.5) is 4.39 Å². The summed E-state index contributed by atoms with van der Waals surface area (Å²) in [6.07, 6.45) is 6.12. The van der Waals surface area contributed by atoms with Crippen LogP contribution in [0, 0.1) is 5.82 Å². The number of nitrogens with zero attached hydrogens (tertiary/aromatic N) is 1. The summed E-state index contributed by atoms with van der Waals surface area (Å²) < 4.78 is 19.6. The third-order valence-corrected chi connectivity index (χ3v) is 4.42. The quantitative estimate of drug-likeness (QED) is 0.464. The summed E-state index contributed by atoms with van der Waals surface area (Å²) in [5.41, 5.74) is 2.83. The molecule has 0 radical (unpaired) electrons. The van der Waals surface area contributed by atoms with Gasteiger partial charge in [0, 0.05) is 24.3 Å². The second-order valence-corrected chi connectivity index (χ2v) is 6.34. The molecule has 0 aliphatic rings. The lowest BCUT2D eigenvalue weighted by Crippen LogP contribution is -2.16. The first-order valence-electron chi connectivity index (χ1n) is 8.91. The van der Waals surface area contributed by atoms with Gasteiger partial charge in [0.2, 0.25) is 0 Å². The van der Waals surface area contributed by atoms with Gasteiger partial charge in [-0.1, -0.05) is 24.3 Å². The van der Waals surface area contributed by atoms with E-state index in [4.69, 9.17) is 4.74 Å². The van der Waals surface area contributed by atoms with E-state index in [-0.39, 0.29) is 5.82 Å². The standard InChI is InChI=1S/C22H20FN3O/c23-21-8-2-7-20-17(14-26-22(20)21)9-11-25-13-16-4-1-5-18(12-16)27-19-6-3-10-24-15-19/h1-8,10,12,14-15,25-26H,9,11,13H2. The van der Waals surface area contributed by atoms with Crippen LogP contribution in [-0.2, 0) is 13.0 Å². The Bertz CT molecular complexity index is 1030. The molecule has 5 heteroatoms. The molecule has 0 amide bonds. The van der Waals surface area contributed by atoms with Gasteiger partial charge in [-0.05, 0) is 54.4 Å². The fraction of sp³-hybridized carbons (Fsp3) is 0.136. The first kappa shape index (κ1) is 17.2. The molecule has 0 saturated carbocycles. The summed E-state index contributed by atoms with van der Waals surface area (Å²) in [6.45, 7) is 1.54. The number of halogens is 1. The molecule has 0 fully saturated rings. The number of hydrogen-bond acceptors (Lipinski definition) is 3. The molecule has 0 aliphatic heterocycles. The maximum Gasteiger partial charge on any atom is 0.147 e. The number of para-hydroxylation sites is 1. The molecule has 4 rings (SSSR count). The van der Waals surface area contributed by atoms with Crippen molar-refractivity contribution in [2.45, 2.75) is 13.0 Å². The number of pyridine rings is 1. The number of nitrogens with one attached hydrogen (secondary N) is 2. The highest BCUT2D eigenvalue weighted by atomic mass is 19.1. The van der Waals surface area contributed by atoms with Crippen molar-refractivity contribution >= 4 is 10.9 Å². The predicted molar refractivity (Wildman–Crippen MR) is 104 cm³/mol. The number of hydrogen-bond donors (Lipinski definition) is 2. The molecule has 0 aliphatic carbocycles. The highest BCUT2D eigenvalue weighted by Gasteiger charge is 2.07. The molecule has 27 heavy (non-hydrogen) atoms. The molecular weight excluding hydrogens is 341 g/mol. The van der Waals surface area contributed by atoms with Crippen LogP contribution < -0.4 is 10.1 Å². The van der Waals surface area contributed by atoms with Crippen molar-refractivity contribution in [1.29, 1.82) is 0 Å². The Hall–Kier alpha value is -3.18. The largest absolute Gasteiger partial charge is 0.456 e. The van der Waals surface area contributed by atoms with E-state index in [0.717, 1.165) is 41.8 Å². The van der Waals surface area contributed by atoms with Crippen LogP contribution in [0.2, 0.25) is 0 Å². The van der Waals surface area contributed by atoms with Crippen molar-refractivity contribution in [3.63, 3.8) is 0 Å². The SMILES string of the molecule is Fc1cccc2c(CCNCc3cccc(Oc4cccnc4)c3)c[nH]c12. The second-order valence-electron chi connectivity index (χ2n) is 6.34. The number of aromatic nitrogens is 2. The summed E-state index contributed by atoms with van der Waals surface area (Å²) in [4.78, 5) is 7.07. The summed E-state index contributed by atoms with van der Waals surface area (Å²) in [5, 5.41) is 4.38. The minimum atomic E-state index is -0.211. The molecule has 0 bridgehead atoms. The van der Waals surface area contributed by atoms with Gasteiger partial charge in [-0.2, -0.15) is 0 Å². The van der Waals surface area contributed by atoms with Crippen molar-refractivity contribution in [2.75, 3.05) is 6.54 Å². The molecule has 2 heterocycles. The van der Waals surface area contributed by atoms with Gasteiger partial charge in [0.05, 0.1) is 11.7 Å². The first-order valence-corrected chi connectivity index (χ1v) is 8.91. The third kappa shape index (κ3) is 4.15. The zero-order chi connectivity index (χ0) is 18.5. The lowest BCUT2D eigenvalue weighted by atomic mass is 10.1. The van der Waals surface area contributed by atoms with Crippen LogP contribution in [-0.4, -0.2) is 16.5 Å². The number of fused-ring (bicyclic) bond motifs is 1. The number of ether oxygens (including phenoxy) is 1. The lowest BCUT2D eigenvalue weighted by molar-refractivity contribution is 0.479. The fourth-order valence-electron chi connectivity index (χ4n) is 3.10. The molecule has 0 spiro atoms. The van der Waals surface area contributed by atoms with Gasteiger partial charge in [0.1, 0.15) is 17.3 Å². The normalized spacial score (nSPS) is 11.0. The van der Waals surface area contributed by atoms with Crippen molar-refractivity contribution < 1.29 is 9.13 Å². The third-order valence-electron chi connectivity index (χ3n) is 4.42. The van der Waals surface area contributed by atoms with Crippen molar-refractivity contribution in [3.05, 3.63) is 90.1 Å². The molecule has 4 aromatic rings. The van der Waals surface area contributed by atoms with Gasteiger partial charge in [-0.25, -0.2) is 4.39 Å². The van der Waals surface area contributed by atoms with Crippen molar-refractivity contribution in [2.24, 2.45) is 0 Å². The predicted octanol–water partition coefficient (Wildman–Crippen LogP) is 4.83. The fourth-order valence-corrected chi connectivity index (χ4v) is 3.10. The number of rotatable bonds is 7. The summed E-state index contributed by atoms with van der Waals surface area (Å²) >= 11 is 0. The molecule has 0 atom stereocenters. The van der Waals surface area contributed by atoms with E-state index in [2.05, 4.69) is 21.4 Å². The monoisotopic (exact) mass is 361 g/mol. The Balaban J connectivity index is 1.32. The Morgan fingerprint density at radius 2 is 1.93 bits per heavy atom. The molecule has 2 aromatic heterocycles. The van der Waals surface area contributed by atoms with Gasteiger partial charge >= 0.3 is 0 Å². The smallest absolute Gasteiger partial charge is 0.147 e. The minimum Gasteiger partial charge on any atom is -0.456 e. The average molecular weight is 361 g/mol. The molecule has 0 saturated heterocycles. The van der Waals surface area contributed by atoms with E-state index in [1.165, 1.54) is 6.07 Å². The summed E-state index contributed by atoms with van der Waals surface area (Å²) in [5.74, 6) is 1.29. The minimum absolute atomic E-state index is 0.211. The van der Waals surface area contributed by atoms with Crippen LogP contribution >= 0.6 is 0 Å². The zero-order valence-electron chi connectivity index (χ0n) is 14.8. The summed E-state index contributed by atoms with van der Waals surface area (Å²) in [6, 6.07) is 16.9. The highest BCUT2D eigenvalue weighted by Crippen LogP contribution is 2.22. The number of aromatic amines is 1. The number of H-pyrrole nitrogens is 1. The zero-order valence-corrected chi connectivity index (χ0v) is 14.8. The molecular formula is C22H20FN3O. The van der Waals surface area contributed by atoms with E-state index in [1.54, 1.807) is 18.5 Å². The Morgan fingerprint density at radius 3 is 2.81 bits per heavy atom. The van der Waals surface area contributed by atoms with Gasteiger partial charge in [-0.3, -0.25) is 4.98 Å². The van der Waals surface area contributed by atoms with E-state index in [9.17, 15) is 4.39 Å². The van der Waals surface area contributed by atoms with Crippen LogP contribution in [0.25, 0.3) is 10.9 Å². The molecule has 2 aromatic carbocycles.